The van der Waals surface area contributed by atoms with Crippen molar-refractivity contribution in [3.05, 3.63) is 29.3 Å². The lowest BCUT2D eigenvalue weighted by atomic mass is 9.89. The molecule has 1 heterocycles. The minimum atomic E-state index is -0.0431. The Hall–Kier alpha value is -1.26. The number of rotatable bonds is 4. The summed E-state index contributed by atoms with van der Waals surface area (Å²) in [7, 11) is 0. The normalized spacial score (nSPS) is 23.4. The Balaban J connectivity index is 1.53. The van der Waals surface area contributed by atoms with Gasteiger partial charge in [-0.2, -0.15) is 0 Å². The van der Waals surface area contributed by atoms with Crippen LogP contribution in [0.5, 0.6) is 0 Å². The smallest absolute Gasteiger partial charge is 0.321 e. The third-order valence-corrected chi connectivity index (χ3v) is 4.68. The quantitative estimate of drug-likeness (QED) is 0.896. The van der Waals surface area contributed by atoms with E-state index >= 15 is 0 Å². The molecule has 3 rings (SSSR count). The minimum absolute atomic E-state index is 0.0371. The molecule has 0 aromatic heterocycles. The summed E-state index contributed by atoms with van der Waals surface area (Å²) in [5, 5.41) is 7.18. The lowest BCUT2D eigenvalue weighted by molar-refractivity contribution is 0.249. The molecule has 1 unspecified atom stereocenters. The summed E-state index contributed by atoms with van der Waals surface area (Å²) in [6, 6.07) is 7.34. The average Bonchev–Trinajstić information content (AvgIpc) is 2.88. The highest BCUT2D eigenvalue weighted by Gasteiger charge is 2.29. The maximum absolute atomic E-state index is 12.1. The first kappa shape index (κ1) is 14.7. The van der Waals surface area contributed by atoms with E-state index in [1.807, 2.05) is 24.3 Å². The van der Waals surface area contributed by atoms with Crippen LogP contribution in [-0.2, 0) is 0 Å². The zero-order valence-corrected chi connectivity index (χ0v) is 12.9. The van der Waals surface area contributed by atoms with Crippen molar-refractivity contribution < 1.29 is 4.79 Å². The van der Waals surface area contributed by atoms with Gasteiger partial charge < -0.3 is 5.32 Å². The first-order chi connectivity index (χ1) is 10.2. The Kier molecular flexibility index (Phi) is 4.66. The van der Waals surface area contributed by atoms with Crippen molar-refractivity contribution in [1.82, 2.24) is 10.6 Å². The molecule has 1 saturated heterocycles. The van der Waals surface area contributed by atoms with E-state index < -0.39 is 0 Å². The van der Waals surface area contributed by atoms with E-state index in [-0.39, 0.29) is 12.2 Å². The van der Waals surface area contributed by atoms with Crippen molar-refractivity contribution >= 4 is 23.3 Å². The molecule has 21 heavy (non-hydrogen) atoms. The summed E-state index contributed by atoms with van der Waals surface area (Å²) in [4.78, 5) is 13.8. The SMILES string of the molecule is O=C1NC(NCC2CCCCC2)CN1c1ccc(Cl)cc1. The Morgan fingerprint density at radius 1 is 1.19 bits per heavy atom. The molecule has 1 aromatic rings. The van der Waals surface area contributed by atoms with Crippen LogP contribution < -0.4 is 15.5 Å². The fraction of sp³-hybridized carbons (Fsp3) is 0.562. The molecule has 2 fully saturated rings. The lowest BCUT2D eigenvalue weighted by Crippen LogP contribution is -2.43. The van der Waals surface area contributed by atoms with Gasteiger partial charge in [0, 0.05) is 10.7 Å². The molecule has 2 amide bonds. The number of hydrogen-bond acceptors (Lipinski definition) is 2. The molecule has 1 aliphatic heterocycles. The predicted molar refractivity (Wildman–Crippen MR) is 85.7 cm³/mol. The summed E-state index contributed by atoms with van der Waals surface area (Å²) in [6.07, 6.45) is 6.74. The first-order valence-electron chi connectivity index (χ1n) is 7.79. The van der Waals surface area contributed by atoms with Gasteiger partial charge in [0.05, 0.1) is 12.7 Å². The molecule has 1 aliphatic carbocycles. The molecule has 1 saturated carbocycles. The Morgan fingerprint density at radius 3 is 2.62 bits per heavy atom. The van der Waals surface area contributed by atoms with Crippen molar-refractivity contribution in [2.45, 2.75) is 38.3 Å². The van der Waals surface area contributed by atoms with Gasteiger partial charge in [0.1, 0.15) is 0 Å². The number of benzene rings is 1. The molecule has 2 N–H and O–H groups in total. The molecule has 0 bridgehead atoms. The van der Waals surface area contributed by atoms with Gasteiger partial charge in [-0.3, -0.25) is 10.2 Å². The molecule has 1 aromatic carbocycles. The number of halogens is 1. The van der Waals surface area contributed by atoms with Crippen LogP contribution in [0.3, 0.4) is 0 Å². The largest absolute Gasteiger partial charge is 0.323 e. The van der Waals surface area contributed by atoms with E-state index in [4.69, 9.17) is 11.6 Å². The molecule has 0 spiro atoms. The number of nitrogens with zero attached hydrogens (tertiary/aromatic N) is 1. The standard InChI is InChI=1S/C16H22ClN3O/c17-13-6-8-14(9-7-13)20-11-15(19-16(20)21)18-10-12-4-2-1-3-5-12/h6-9,12,15,18H,1-5,10-11H2,(H,19,21). The second kappa shape index (κ2) is 6.67. The predicted octanol–water partition coefficient (Wildman–Crippen LogP) is 3.37. The molecular formula is C16H22ClN3O. The van der Waals surface area contributed by atoms with Gasteiger partial charge in [-0.25, -0.2) is 4.79 Å². The zero-order chi connectivity index (χ0) is 14.7. The van der Waals surface area contributed by atoms with Crippen LogP contribution in [-0.4, -0.2) is 25.3 Å². The van der Waals surface area contributed by atoms with Gasteiger partial charge in [0.25, 0.3) is 0 Å². The number of urea groups is 1. The number of hydrogen-bond donors (Lipinski definition) is 2. The van der Waals surface area contributed by atoms with Crippen molar-refractivity contribution in [2.24, 2.45) is 5.92 Å². The van der Waals surface area contributed by atoms with Crippen molar-refractivity contribution in [1.29, 1.82) is 0 Å². The topological polar surface area (TPSA) is 44.4 Å². The molecule has 4 nitrogen and oxygen atoms in total. The van der Waals surface area contributed by atoms with E-state index in [1.165, 1.54) is 32.1 Å². The maximum Gasteiger partial charge on any atom is 0.323 e. The highest BCUT2D eigenvalue weighted by atomic mass is 35.5. The molecular weight excluding hydrogens is 286 g/mol. The third-order valence-electron chi connectivity index (χ3n) is 4.42. The fourth-order valence-electron chi connectivity index (χ4n) is 3.20. The molecule has 2 aliphatic rings. The Bertz CT molecular complexity index is 485. The monoisotopic (exact) mass is 307 g/mol. The lowest BCUT2D eigenvalue weighted by Gasteiger charge is -2.23. The summed E-state index contributed by atoms with van der Waals surface area (Å²) >= 11 is 5.89. The first-order valence-corrected chi connectivity index (χ1v) is 8.17. The van der Waals surface area contributed by atoms with Crippen molar-refractivity contribution in [3.8, 4) is 0 Å². The van der Waals surface area contributed by atoms with E-state index in [0.717, 1.165) is 18.2 Å². The van der Waals surface area contributed by atoms with Gasteiger partial charge in [0.2, 0.25) is 0 Å². The van der Waals surface area contributed by atoms with Crippen LogP contribution in [0.4, 0.5) is 10.5 Å². The molecule has 5 heteroatoms. The van der Waals surface area contributed by atoms with Crippen molar-refractivity contribution in [3.63, 3.8) is 0 Å². The Morgan fingerprint density at radius 2 is 1.90 bits per heavy atom. The number of nitrogens with one attached hydrogen (secondary N) is 2. The van der Waals surface area contributed by atoms with Crippen LogP contribution in [0.15, 0.2) is 24.3 Å². The van der Waals surface area contributed by atoms with Gasteiger partial charge in [-0.05, 0) is 49.6 Å². The molecule has 0 radical (unpaired) electrons. The second-order valence-corrected chi connectivity index (χ2v) is 6.44. The van der Waals surface area contributed by atoms with E-state index in [0.29, 0.717) is 11.6 Å². The zero-order valence-electron chi connectivity index (χ0n) is 12.1. The van der Waals surface area contributed by atoms with Gasteiger partial charge in [0.15, 0.2) is 0 Å². The van der Waals surface area contributed by atoms with Crippen LogP contribution in [0.2, 0.25) is 5.02 Å². The Labute approximate surface area is 130 Å². The summed E-state index contributed by atoms with van der Waals surface area (Å²) in [5.41, 5.74) is 0.888. The highest BCUT2D eigenvalue weighted by Crippen LogP contribution is 2.24. The molecule has 1 atom stereocenters. The third kappa shape index (κ3) is 3.69. The van der Waals surface area contributed by atoms with Crippen LogP contribution in [0.1, 0.15) is 32.1 Å². The van der Waals surface area contributed by atoms with Crippen LogP contribution >= 0.6 is 11.6 Å². The fourth-order valence-corrected chi connectivity index (χ4v) is 3.32. The second-order valence-electron chi connectivity index (χ2n) is 6.00. The van der Waals surface area contributed by atoms with Gasteiger partial charge in [-0.15, -0.1) is 0 Å². The van der Waals surface area contributed by atoms with Crippen LogP contribution in [0.25, 0.3) is 0 Å². The minimum Gasteiger partial charge on any atom is -0.321 e. The summed E-state index contributed by atoms with van der Waals surface area (Å²) in [6.45, 7) is 1.66. The number of carbonyl (C=O) groups is 1. The van der Waals surface area contributed by atoms with Crippen LogP contribution in [0, 0.1) is 5.92 Å². The summed E-state index contributed by atoms with van der Waals surface area (Å²) < 4.78 is 0. The number of anilines is 1. The van der Waals surface area contributed by atoms with Gasteiger partial charge >= 0.3 is 6.03 Å². The number of amides is 2. The van der Waals surface area contributed by atoms with E-state index in [2.05, 4.69) is 10.6 Å². The highest BCUT2D eigenvalue weighted by molar-refractivity contribution is 6.30. The summed E-state index contributed by atoms with van der Waals surface area (Å²) in [5.74, 6) is 0.764. The number of carbonyl (C=O) groups excluding carboxylic acids is 1. The van der Waals surface area contributed by atoms with Crippen molar-refractivity contribution in [2.75, 3.05) is 18.0 Å². The average molecular weight is 308 g/mol. The van der Waals surface area contributed by atoms with E-state index in [9.17, 15) is 4.79 Å². The van der Waals surface area contributed by atoms with Gasteiger partial charge in [-0.1, -0.05) is 30.9 Å². The molecule has 114 valence electrons. The maximum atomic E-state index is 12.1. The van der Waals surface area contributed by atoms with E-state index in [1.54, 1.807) is 4.90 Å².